The number of aryl methyl sites for hydroxylation is 1. The molecule has 4 heteroatoms. The number of hydrogen-bond donors (Lipinski definition) is 0. The number of nitrogens with zero attached hydrogens (tertiary/aromatic N) is 1. The van der Waals surface area contributed by atoms with Gasteiger partial charge in [0.25, 0.3) is 0 Å². The third kappa shape index (κ3) is 4.74. The maximum Gasteiger partial charge on any atom is 0.222 e. The summed E-state index contributed by atoms with van der Waals surface area (Å²) in [6.07, 6.45) is 4.79. The molecular weight excluding hydrogens is 266 g/mol. The Kier molecular flexibility index (Phi) is 6.05. The highest BCUT2D eigenvalue weighted by Gasteiger charge is 2.17. The molecule has 1 amide bonds. The van der Waals surface area contributed by atoms with Gasteiger partial charge in [0.1, 0.15) is 5.75 Å². The van der Waals surface area contributed by atoms with Crippen LogP contribution >= 0.6 is 0 Å². The first-order valence-corrected chi connectivity index (χ1v) is 7.68. The van der Waals surface area contributed by atoms with E-state index < -0.39 is 0 Å². The molecule has 1 aliphatic rings. The molecule has 1 saturated heterocycles. The number of methoxy groups -OCH3 is 1. The van der Waals surface area contributed by atoms with Crippen molar-refractivity contribution in [2.24, 2.45) is 0 Å². The lowest BCUT2D eigenvalue weighted by Gasteiger charge is -2.19. The second-order valence-corrected chi connectivity index (χ2v) is 5.55. The van der Waals surface area contributed by atoms with Gasteiger partial charge in [-0.25, -0.2) is 0 Å². The third-order valence-electron chi connectivity index (χ3n) is 4.04. The zero-order chi connectivity index (χ0) is 15.1. The normalized spacial score (nSPS) is 17.7. The van der Waals surface area contributed by atoms with Crippen LogP contribution in [0, 0.1) is 0 Å². The second-order valence-electron chi connectivity index (χ2n) is 5.55. The van der Waals surface area contributed by atoms with Gasteiger partial charge < -0.3 is 14.4 Å². The van der Waals surface area contributed by atoms with Gasteiger partial charge in [0, 0.05) is 26.6 Å². The largest absolute Gasteiger partial charge is 0.496 e. The van der Waals surface area contributed by atoms with Crippen molar-refractivity contribution in [3.05, 3.63) is 29.8 Å². The first kappa shape index (κ1) is 15.8. The van der Waals surface area contributed by atoms with E-state index in [4.69, 9.17) is 9.47 Å². The second kappa shape index (κ2) is 8.03. The van der Waals surface area contributed by atoms with Crippen LogP contribution < -0.4 is 4.74 Å². The Bertz CT molecular complexity index is 455. The highest BCUT2D eigenvalue weighted by Crippen LogP contribution is 2.19. The molecule has 1 aliphatic heterocycles. The van der Waals surface area contributed by atoms with Gasteiger partial charge in [-0.2, -0.15) is 0 Å². The minimum atomic E-state index is 0.180. The predicted molar refractivity (Wildman–Crippen MR) is 82.5 cm³/mol. The van der Waals surface area contributed by atoms with Crippen LogP contribution in [-0.2, 0) is 16.0 Å². The zero-order valence-corrected chi connectivity index (χ0v) is 13.0. The van der Waals surface area contributed by atoms with E-state index in [1.165, 1.54) is 0 Å². The molecule has 0 saturated carbocycles. The Morgan fingerprint density at radius 2 is 2.24 bits per heavy atom. The van der Waals surface area contributed by atoms with Gasteiger partial charge in [-0.15, -0.1) is 0 Å². The summed E-state index contributed by atoms with van der Waals surface area (Å²) in [6, 6.07) is 7.86. The first-order valence-electron chi connectivity index (χ1n) is 7.68. The molecule has 0 radical (unpaired) electrons. The summed E-state index contributed by atoms with van der Waals surface area (Å²) in [5.41, 5.74) is 1.08. The van der Waals surface area contributed by atoms with Crippen molar-refractivity contribution in [1.82, 2.24) is 4.90 Å². The van der Waals surface area contributed by atoms with E-state index in [-0.39, 0.29) is 5.91 Å². The predicted octanol–water partition coefficient (Wildman–Crippen LogP) is 2.66. The smallest absolute Gasteiger partial charge is 0.222 e. The van der Waals surface area contributed by atoms with Crippen LogP contribution in [0.4, 0.5) is 0 Å². The fourth-order valence-corrected chi connectivity index (χ4v) is 2.68. The standard InChI is InChI=1S/C17H25NO3/c1-18(12-11-15-7-5-13-21-15)17(19)10-9-14-6-3-4-8-16(14)20-2/h3-4,6,8,15H,5,7,9-13H2,1-2H3/t15-/m1/s1. The lowest BCUT2D eigenvalue weighted by molar-refractivity contribution is -0.130. The van der Waals surface area contributed by atoms with E-state index in [0.717, 1.165) is 43.7 Å². The lowest BCUT2D eigenvalue weighted by atomic mass is 10.1. The van der Waals surface area contributed by atoms with E-state index in [2.05, 4.69) is 0 Å². The fourth-order valence-electron chi connectivity index (χ4n) is 2.68. The van der Waals surface area contributed by atoms with Gasteiger partial charge in [-0.1, -0.05) is 18.2 Å². The molecule has 0 aromatic heterocycles. The summed E-state index contributed by atoms with van der Waals surface area (Å²) < 4.78 is 10.9. The number of ether oxygens (including phenoxy) is 2. The van der Waals surface area contributed by atoms with E-state index >= 15 is 0 Å². The molecule has 1 atom stereocenters. The third-order valence-corrected chi connectivity index (χ3v) is 4.04. The molecule has 1 aromatic carbocycles. The van der Waals surface area contributed by atoms with Crippen LogP contribution in [0.1, 0.15) is 31.2 Å². The van der Waals surface area contributed by atoms with Crippen molar-refractivity contribution in [3.63, 3.8) is 0 Å². The molecular formula is C17H25NO3. The SMILES string of the molecule is COc1ccccc1CCC(=O)N(C)CC[C@H]1CCCO1. The van der Waals surface area contributed by atoms with Crippen molar-refractivity contribution < 1.29 is 14.3 Å². The highest BCUT2D eigenvalue weighted by atomic mass is 16.5. The molecule has 0 aliphatic carbocycles. The van der Waals surface area contributed by atoms with E-state index in [9.17, 15) is 4.79 Å². The number of amides is 1. The van der Waals surface area contributed by atoms with Crippen molar-refractivity contribution in [1.29, 1.82) is 0 Å². The minimum Gasteiger partial charge on any atom is -0.496 e. The summed E-state index contributed by atoms with van der Waals surface area (Å²) in [4.78, 5) is 14.0. The van der Waals surface area contributed by atoms with Gasteiger partial charge in [-0.3, -0.25) is 4.79 Å². The van der Waals surface area contributed by atoms with E-state index in [1.54, 1.807) is 7.11 Å². The van der Waals surface area contributed by atoms with E-state index in [0.29, 0.717) is 18.9 Å². The quantitative estimate of drug-likeness (QED) is 0.775. The van der Waals surface area contributed by atoms with Crippen molar-refractivity contribution >= 4 is 5.91 Å². The topological polar surface area (TPSA) is 38.8 Å². The average molecular weight is 291 g/mol. The van der Waals surface area contributed by atoms with Crippen LogP contribution in [0.15, 0.2) is 24.3 Å². The monoisotopic (exact) mass is 291 g/mol. The Hall–Kier alpha value is -1.55. The van der Waals surface area contributed by atoms with Gasteiger partial charge in [0.15, 0.2) is 0 Å². The first-order chi connectivity index (χ1) is 10.2. The molecule has 0 bridgehead atoms. The average Bonchev–Trinajstić information content (AvgIpc) is 3.03. The highest BCUT2D eigenvalue weighted by molar-refractivity contribution is 5.76. The summed E-state index contributed by atoms with van der Waals surface area (Å²) in [5.74, 6) is 1.03. The maximum absolute atomic E-state index is 12.2. The number of para-hydroxylation sites is 1. The summed E-state index contributed by atoms with van der Waals surface area (Å²) >= 11 is 0. The van der Waals surface area contributed by atoms with Crippen molar-refractivity contribution in [2.45, 2.75) is 38.2 Å². The number of rotatable bonds is 7. The van der Waals surface area contributed by atoms with Crippen molar-refractivity contribution in [2.75, 3.05) is 27.3 Å². The van der Waals surface area contributed by atoms with Crippen LogP contribution in [-0.4, -0.2) is 44.2 Å². The molecule has 4 nitrogen and oxygen atoms in total. The number of carbonyl (C=O) groups excluding carboxylic acids is 1. The van der Waals surface area contributed by atoms with Gasteiger partial charge in [-0.05, 0) is 37.3 Å². The molecule has 1 heterocycles. The summed E-state index contributed by atoms with van der Waals surface area (Å²) in [5, 5.41) is 0. The Balaban J connectivity index is 1.75. The van der Waals surface area contributed by atoms with Crippen molar-refractivity contribution in [3.8, 4) is 5.75 Å². The fraction of sp³-hybridized carbons (Fsp3) is 0.588. The lowest BCUT2D eigenvalue weighted by Crippen LogP contribution is -2.30. The summed E-state index contributed by atoms with van der Waals surface area (Å²) in [6.45, 7) is 1.64. The summed E-state index contributed by atoms with van der Waals surface area (Å²) in [7, 11) is 3.54. The van der Waals surface area contributed by atoms with Crippen LogP contribution in [0.3, 0.4) is 0 Å². The maximum atomic E-state index is 12.2. The molecule has 0 spiro atoms. The Morgan fingerprint density at radius 1 is 1.43 bits per heavy atom. The molecule has 1 aromatic rings. The molecule has 1 fully saturated rings. The zero-order valence-electron chi connectivity index (χ0n) is 13.0. The Morgan fingerprint density at radius 3 is 2.95 bits per heavy atom. The molecule has 21 heavy (non-hydrogen) atoms. The molecule has 0 N–H and O–H groups in total. The number of benzene rings is 1. The molecule has 0 unspecified atom stereocenters. The molecule has 116 valence electrons. The molecule has 2 rings (SSSR count). The minimum absolute atomic E-state index is 0.180. The Labute approximate surface area is 127 Å². The van der Waals surface area contributed by atoms with Gasteiger partial charge in [0.05, 0.1) is 13.2 Å². The number of hydrogen-bond acceptors (Lipinski definition) is 3. The number of carbonyl (C=O) groups is 1. The van der Waals surface area contributed by atoms with Gasteiger partial charge >= 0.3 is 0 Å². The van der Waals surface area contributed by atoms with Crippen LogP contribution in [0.2, 0.25) is 0 Å². The van der Waals surface area contributed by atoms with Crippen LogP contribution in [0.5, 0.6) is 5.75 Å². The van der Waals surface area contributed by atoms with E-state index in [1.807, 2.05) is 36.2 Å². The van der Waals surface area contributed by atoms with Gasteiger partial charge in [0.2, 0.25) is 5.91 Å². The van der Waals surface area contributed by atoms with Crippen LogP contribution in [0.25, 0.3) is 0 Å².